The highest BCUT2D eigenvalue weighted by molar-refractivity contribution is 5.38. The summed E-state index contributed by atoms with van der Waals surface area (Å²) in [7, 11) is 0. The normalized spacial score (nSPS) is 16.1. The fourth-order valence-electron chi connectivity index (χ4n) is 3.07. The fourth-order valence-corrected chi connectivity index (χ4v) is 3.07. The summed E-state index contributed by atoms with van der Waals surface area (Å²) in [4.78, 5) is 18.4. The van der Waals surface area contributed by atoms with Gasteiger partial charge in [-0.3, -0.25) is 9.36 Å². The molecule has 0 unspecified atom stereocenters. The molecule has 0 N–H and O–H groups in total. The minimum Gasteiger partial charge on any atom is -0.355 e. The van der Waals surface area contributed by atoms with Crippen LogP contribution >= 0.6 is 0 Å². The first kappa shape index (κ1) is 18.3. The molecule has 3 heterocycles. The minimum absolute atomic E-state index is 0.0199. The van der Waals surface area contributed by atoms with Crippen LogP contribution in [0.25, 0.3) is 0 Å². The lowest BCUT2D eigenvalue weighted by Gasteiger charge is -2.32. The lowest BCUT2D eigenvalue weighted by Crippen LogP contribution is -2.37. The number of halogens is 3. The van der Waals surface area contributed by atoms with Gasteiger partial charge in [-0.15, -0.1) is 10.2 Å². The van der Waals surface area contributed by atoms with Gasteiger partial charge in [-0.1, -0.05) is 0 Å². The zero-order valence-corrected chi connectivity index (χ0v) is 14.6. The Morgan fingerprint density at radius 3 is 2.42 bits per heavy atom. The molecule has 26 heavy (non-hydrogen) atoms. The molecule has 140 valence electrons. The summed E-state index contributed by atoms with van der Waals surface area (Å²) >= 11 is 0. The summed E-state index contributed by atoms with van der Waals surface area (Å²) in [6.45, 7) is 5.51. The molecule has 0 radical (unpaired) electrons. The van der Waals surface area contributed by atoms with Gasteiger partial charge in [0, 0.05) is 30.9 Å². The van der Waals surface area contributed by atoms with E-state index in [-0.39, 0.29) is 5.56 Å². The Bertz CT molecular complexity index is 824. The van der Waals surface area contributed by atoms with E-state index in [4.69, 9.17) is 0 Å². The molecule has 0 bridgehead atoms. The van der Waals surface area contributed by atoms with Crippen LogP contribution in [0.5, 0.6) is 0 Å². The summed E-state index contributed by atoms with van der Waals surface area (Å²) in [5, 5.41) is 6.98. The molecule has 6 nitrogen and oxygen atoms in total. The van der Waals surface area contributed by atoms with Crippen molar-refractivity contribution in [1.82, 2.24) is 19.7 Å². The van der Waals surface area contributed by atoms with Crippen molar-refractivity contribution in [3.63, 3.8) is 0 Å². The lowest BCUT2D eigenvalue weighted by atomic mass is 9.96. The van der Waals surface area contributed by atoms with Gasteiger partial charge >= 0.3 is 6.18 Å². The Hall–Kier alpha value is -2.45. The minimum atomic E-state index is -4.48. The van der Waals surface area contributed by atoms with Gasteiger partial charge in [0.05, 0.1) is 6.33 Å². The molecule has 0 aromatic carbocycles. The predicted octanol–water partition coefficient (Wildman–Crippen LogP) is 2.59. The number of aryl methyl sites for hydroxylation is 1. The highest BCUT2D eigenvalue weighted by atomic mass is 19.4. The Balaban J connectivity index is 1.61. The standard InChI is InChI=1S/C17H20F3N5O/c1-11-12(2)21-10-25(16(11)26)9-13-5-7-24(8-6-13)15-4-3-14(22-23-15)17(18,19)20/h3-4,10,13H,5-9H2,1-2H3. The van der Waals surface area contributed by atoms with Crippen molar-refractivity contribution in [2.24, 2.45) is 5.92 Å². The highest BCUT2D eigenvalue weighted by Crippen LogP contribution is 2.28. The quantitative estimate of drug-likeness (QED) is 0.834. The smallest absolute Gasteiger partial charge is 0.355 e. The van der Waals surface area contributed by atoms with Crippen LogP contribution in [0.15, 0.2) is 23.3 Å². The molecule has 1 fully saturated rings. The molecule has 1 aliphatic rings. The third kappa shape index (κ3) is 3.86. The number of anilines is 1. The van der Waals surface area contributed by atoms with E-state index in [9.17, 15) is 18.0 Å². The second kappa shape index (κ2) is 7.05. The van der Waals surface area contributed by atoms with E-state index in [1.165, 1.54) is 6.07 Å². The number of hydrogen-bond donors (Lipinski definition) is 0. The zero-order chi connectivity index (χ0) is 18.9. The van der Waals surface area contributed by atoms with Crippen LogP contribution in [0.1, 0.15) is 29.8 Å². The molecule has 2 aromatic rings. The first-order valence-electron chi connectivity index (χ1n) is 8.44. The molecule has 1 aliphatic heterocycles. The molecule has 0 atom stereocenters. The van der Waals surface area contributed by atoms with Crippen molar-refractivity contribution in [2.75, 3.05) is 18.0 Å². The largest absolute Gasteiger partial charge is 0.435 e. The zero-order valence-electron chi connectivity index (χ0n) is 14.6. The van der Waals surface area contributed by atoms with Crippen molar-refractivity contribution in [2.45, 2.75) is 39.4 Å². The van der Waals surface area contributed by atoms with E-state index in [0.717, 1.165) is 24.6 Å². The first-order valence-corrected chi connectivity index (χ1v) is 8.44. The Kier molecular flexibility index (Phi) is 4.97. The van der Waals surface area contributed by atoms with Crippen LogP contribution < -0.4 is 10.5 Å². The number of alkyl halides is 3. The monoisotopic (exact) mass is 367 g/mol. The van der Waals surface area contributed by atoms with Crippen LogP contribution in [0.2, 0.25) is 0 Å². The highest BCUT2D eigenvalue weighted by Gasteiger charge is 2.33. The van der Waals surface area contributed by atoms with E-state index in [0.29, 0.717) is 36.9 Å². The van der Waals surface area contributed by atoms with Crippen LogP contribution in [0, 0.1) is 19.8 Å². The van der Waals surface area contributed by atoms with E-state index < -0.39 is 11.9 Å². The lowest BCUT2D eigenvalue weighted by molar-refractivity contribution is -0.141. The summed E-state index contributed by atoms with van der Waals surface area (Å²) < 4.78 is 39.3. The van der Waals surface area contributed by atoms with Gasteiger partial charge in [0.2, 0.25) is 0 Å². The van der Waals surface area contributed by atoms with Gasteiger partial charge in [-0.25, -0.2) is 4.98 Å². The second-order valence-corrected chi connectivity index (χ2v) is 6.62. The maximum atomic E-state index is 12.6. The summed E-state index contributed by atoms with van der Waals surface area (Å²) in [6.07, 6.45) is -1.26. The number of nitrogens with zero attached hydrogens (tertiary/aromatic N) is 5. The second-order valence-electron chi connectivity index (χ2n) is 6.62. The summed E-state index contributed by atoms with van der Waals surface area (Å²) in [5.74, 6) is 0.761. The molecular weight excluding hydrogens is 347 g/mol. The summed E-state index contributed by atoms with van der Waals surface area (Å²) in [5.41, 5.74) is 0.387. The SMILES string of the molecule is Cc1ncn(CC2CCN(c3ccc(C(F)(F)F)nn3)CC2)c(=O)c1C. The molecule has 0 saturated carbocycles. The van der Waals surface area contributed by atoms with Gasteiger partial charge < -0.3 is 4.90 Å². The van der Waals surface area contributed by atoms with Gasteiger partial charge in [0.1, 0.15) is 0 Å². The van der Waals surface area contributed by atoms with Crippen molar-refractivity contribution in [1.29, 1.82) is 0 Å². The number of aromatic nitrogens is 4. The predicted molar refractivity (Wildman–Crippen MR) is 89.9 cm³/mol. The third-order valence-electron chi connectivity index (χ3n) is 4.85. The average Bonchev–Trinajstić information content (AvgIpc) is 2.62. The maximum Gasteiger partial charge on any atom is 0.435 e. The van der Waals surface area contributed by atoms with E-state index >= 15 is 0 Å². The van der Waals surface area contributed by atoms with E-state index in [2.05, 4.69) is 15.2 Å². The van der Waals surface area contributed by atoms with Gasteiger partial charge in [0.15, 0.2) is 11.5 Å². The molecular formula is C17H20F3N5O. The van der Waals surface area contributed by atoms with Crippen molar-refractivity contribution >= 4 is 5.82 Å². The molecule has 3 rings (SSSR count). The Labute approximate surface area is 148 Å². The fraction of sp³-hybridized carbons (Fsp3) is 0.529. The van der Waals surface area contributed by atoms with Crippen LogP contribution in [-0.2, 0) is 12.7 Å². The van der Waals surface area contributed by atoms with E-state index in [1.54, 1.807) is 17.8 Å². The number of rotatable bonds is 3. The molecule has 0 amide bonds. The molecule has 0 aliphatic carbocycles. The Morgan fingerprint density at radius 1 is 1.15 bits per heavy atom. The van der Waals surface area contributed by atoms with Crippen molar-refractivity contribution in [3.8, 4) is 0 Å². The number of hydrogen-bond acceptors (Lipinski definition) is 5. The van der Waals surface area contributed by atoms with Gasteiger partial charge in [-0.05, 0) is 44.7 Å². The molecule has 2 aromatic heterocycles. The van der Waals surface area contributed by atoms with Gasteiger partial charge in [0.25, 0.3) is 5.56 Å². The van der Waals surface area contributed by atoms with E-state index in [1.807, 2.05) is 11.8 Å². The van der Waals surface area contributed by atoms with Crippen LogP contribution in [-0.4, -0.2) is 32.8 Å². The van der Waals surface area contributed by atoms with Crippen LogP contribution in [0.4, 0.5) is 19.0 Å². The summed E-state index contributed by atoms with van der Waals surface area (Å²) in [6, 6.07) is 2.31. The van der Waals surface area contributed by atoms with Crippen molar-refractivity contribution < 1.29 is 13.2 Å². The van der Waals surface area contributed by atoms with Crippen molar-refractivity contribution in [3.05, 3.63) is 45.8 Å². The first-order chi connectivity index (χ1) is 12.3. The maximum absolute atomic E-state index is 12.6. The van der Waals surface area contributed by atoms with Crippen LogP contribution in [0.3, 0.4) is 0 Å². The third-order valence-corrected chi connectivity index (χ3v) is 4.85. The van der Waals surface area contributed by atoms with Gasteiger partial charge in [-0.2, -0.15) is 13.2 Å². The number of piperidine rings is 1. The molecule has 1 saturated heterocycles. The Morgan fingerprint density at radius 2 is 1.85 bits per heavy atom. The topological polar surface area (TPSA) is 63.9 Å². The molecule has 0 spiro atoms. The molecule has 9 heteroatoms. The average molecular weight is 367 g/mol.